The predicted molar refractivity (Wildman–Crippen MR) is 94.3 cm³/mol. The second-order valence-corrected chi connectivity index (χ2v) is 5.93. The number of amides is 1. The molecule has 1 amide bonds. The summed E-state index contributed by atoms with van der Waals surface area (Å²) in [4.78, 5) is 22.6. The number of nitrogens with zero attached hydrogens (tertiary/aromatic N) is 1. The minimum atomic E-state index is -0.913. The Labute approximate surface area is 147 Å². The van der Waals surface area contributed by atoms with Crippen LogP contribution in [0.3, 0.4) is 0 Å². The second kappa shape index (κ2) is 6.47. The summed E-state index contributed by atoms with van der Waals surface area (Å²) in [5.74, 6) is -1.09. The number of benzene rings is 2. The predicted octanol–water partition coefficient (Wildman–Crippen LogP) is 3.86. The van der Waals surface area contributed by atoms with Crippen molar-refractivity contribution in [3.8, 4) is 0 Å². The van der Waals surface area contributed by atoms with E-state index in [0.29, 0.717) is 17.4 Å². The molecular formula is C18H16FN3O4. The molecule has 134 valence electrons. The number of carbonyl (C=O) groups excluding carboxylic acids is 1. The van der Waals surface area contributed by atoms with Crippen LogP contribution < -0.4 is 11.1 Å². The Balaban J connectivity index is 1.92. The standard InChI is InChI=1S/C18H16FN3O4/c1-9-12-5-3-4-6-15(12)26-17(9)10(2)21-18(23)13-7-11(19)8-14(16(13)20)22(24)25/h3-8,10H,20H2,1-2H3,(H,21,23). The highest BCUT2D eigenvalue weighted by Gasteiger charge is 2.24. The summed E-state index contributed by atoms with van der Waals surface area (Å²) in [6, 6.07) is 8.44. The fraction of sp³-hybridized carbons (Fsp3) is 0.167. The van der Waals surface area contributed by atoms with Crippen molar-refractivity contribution in [2.75, 3.05) is 5.73 Å². The Kier molecular flexibility index (Phi) is 4.33. The van der Waals surface area contributed by atoms with Crippen molar-refractivity contribution in [1.82, 2.24) is 5.32 Å². The number of halogens is 1. The summed E-state index contributed by atoms with van der Waals surface area (Å²) >= 11 is 0. The first-order valence-electron chi connectivity index (χ1n) is 7.82. The van der Waals surface area contributed by atoms with Gasteiger partial charge in [-0.1, -0.05) is 18.2 Å². The molecule has 0 aliphatic rings. The van der Waals surface area contributed by atoms with Crippen LogP contribution in [0.2, 0.25) is 0 Å². The van der Waals surface area contributed by atoms with Gasteiger partial charge in [0.2, 0.25) is 0 Å². The molecule has 1 unspecified atom stereocenters. The number of hydrogen-bond acceptors (Lipinski definition) is 5. The van der Waals surface area contributed by atoms with Crippen molar-refractivity contribution >= 4 is 28.3 Å². The molecule has 7 nitrogen and oxygen atoms in total. The maximum atomic E-state index is 13.6. The van der Waals surface area contributed by atoms with Crippen LogP contribution in [-0.4, -0.2) is 10.8 Å². The molecule has 0 spiro atoms. The van der Waals surface area contributed by atoms with E-state index in [-0.39, 0.29) is 11.3 Å². The molecule has 0 aliphatic heterocycles. The summed E-state index contributed by atoms with van der Waals surface area (Å²) in [5, 5.41) is 14.5. The summed E-state index contributed by atoms with van der Waals surface area (Å²) in [6.07, 6.45) is 0. The van der Waals surface area contributed by atoms with Gasteiger partial charge in [0.15, 0.2) is 0 Å². The van der Waals surface area contributed by atoms with Crippen LogP contribution in [0, 0.1) is 22.9 Å². The fourth-order valence-electron chi connectivity index (χ4n) is 2.89. The van der Waals surface area contributed by atoms with Crippen molar-refractivity contribution in [2.24, 2.45) is 0 Å². The lowest BCUT2D eigenvalue weighted by molar-refractivity contribution is -0.384. The van der Waals surface area contributed by atoms with Gasteiger partial charge in [0.25, 0.3) is 11.6 Å². The van der Waals surface area contributed by atoms with Crippen LogP contribution in [0.25, 0.3) is 11.0 Å². The lowest BCUT2D eigenvalue weighted by Crippen LogP contribution is -2.27. The Bertz CT molecular complexity index is 1030. The number of nitrogens with one attached hydrogen (secondary N) is 1. The first kappa shape index (κ1) is 17.4. The normalized spacial score (nSPS) is 12.1. The number of rotatable bonds is 4. The lowest BCUT2D eigenvalue weighted by atomic mass is 10.1. The number of furan rings is 1. The SMILES string of the molecule is Cc1c(C(C)NC(=O)c2cc(F)cc([N+](=O)[O-])c2N)oc2ccccc12. The molecule has 0 saturated heterocycles. The lowest BCUT2D eigenvalue weighted by Gasteiger charge is -2.14. The zero-order valence-electron chi connectivity index (χ0n) is 14.1. The average molecular weight is 357 g/mol. The first-order chi connectivity index (χ1) is 12.3. The van der Waals surface area contributed by atoms with Crippen LogP contribution in [0.5, 0.6) is 0 Å². The zero-order valence-corrected chi connectivity index (χ0v) is 14.1. The number of nitrogen functional groups attached to an aromatic ring is 1. The Morgan fingerprint density at radius 2 is 2.04 bits per heavy atom. The first-order valence-corrected chi connectivity index (χ1v) is 7.82. The smallest absolute Gasteiger partial charge is 0.295 e. The van der Waals surface area contributed by atoms with E-state index in [1.807, 2.05) is 31.2 Å². The van der Waals surface area contributed by atoms with E-state index in [9.17, 15) is 19.3 Å². The number of nitrogens with two attached hydrogens (primary N) is 1. The van der Waals surface area contributed by atoms with Crippen LogP contribution >= 0.6 is 0 Å². The van der Waals surface area contributed by atoms with Gasteiger partial charge in [0.1, 0.15) is 22.8 Å². The molecule has 2 aromatic carbocycles. The minimum Gasteiger partial charge on any atom is -0.459 e. The third-order valence-electron chi connectivity index (χ3n) is 4.19. The van der Waals surface area contributed by atoms with Gasteiger partial charge in [-0.15, -0.1) is 0 Å². The van der Waals surface area contributed by atoms with Gasteiger partial charge < -0.3 is 15.5 Å². The van der Waals surface area contributed by atoms with Crippen molar-refractivity contribution in [3.63, 3.8) is 0 Å². The van der Waals surface area contributed by atoms with E-state index in [0.717, 1.165) is 17.0 Å². The Morgan fingerprint density at radius 3 is 2.69 bits per heavy atom. The molecule has 0 radical (unpaired) electrons. The molecule has 0 aliphatic carbocycles. The van der Waals surface area contributed by atoms with Crippen LogP contribution in [-0.2, 0) is 0 Å². The number of para-hydroxylation sites is 1. The molecule has 1 heterocycles. The highest BCUT2D eigenvalue weighted by Crippen LogP contribution is 2.30. The van der Waals surface area contributed by atoms with Gasteiger partial charge in [-0.05, 0) is 26.0 Å². The van der Waals surface area contributed by atoms with E-state index < -0.39 is 28.4 Å². The maximum Gasteiger partial charge on any atom is 0.295 e. The quantitative estimate of drug-likeness (QED) is 0.418. The molecular weight excluding hydrogens is 341 g/mol. The number of aryl methyl sites for hydroxylation is 1. The molecule has 0 saturated carbocycles. The molecule has 1 atom stereocenters. The molecule has 3 aromatic rings. The fourth-order valence-corrected chi connectivity index (χ4v) is 2.89. The average Bonchev–Trinajstić information content (AvgIpc) is 2.93. The second-order valence-electron chi connectivity index (χ2n) is 5.93. The van der Waals surface area contributed by atoms with Gasteiger partial charge in [-0.2, -0.15) is 0 Å². The van der Waals surface area contributed by atoms with E-state index >= 15 is 0 Å². The number of carbonyl (C=O) groups is 1. The Morgan fingerprint density at radius 1 is 1.35 bits per heavy atom. The molecule has 3 N–H and O–H groups in total. The Hall–Kier alpha value is -3.42. The molecule has 1 aromatic heterocycles. The molecule has 0 bridgehead atoms. The van der Waals surface area contributed by atoms with Crippen molar-refractivity contribution in [1.29, 1.82) is 0 Å². The third-order valence-corrected chi connectivity index (χ3v) is 4.19. The molecule has 3 rings (SSSR count). The third kappa shape index (κ3) is 2.97. The van der Waals surface area contributed by atoms with Gasteiger partial charge in [0.05, 0.1) is 22.6 Å². The number of hydrogen-bond donors (Lipinski definition) is 2. The largest absolute Gasteiger partial charge is 0.459 e. The van der Waals surface area contributed by atoms with E-state index in [2.05, 4.69) is 5.32 Å². The van der Waals surface area contributed by atoms with Crippen molar-refractivity contribution in [2.45, 2.75) is 19.9 Å². The summed E-state index contributed by atoms with van der Waals surface area (Å²) < 4.78 is 19.4. The van der Waals surface area contributed by atoms with Gasteiger partial charge in [-0.25, -0.2) is 4.39 Å². The van der Waals surface area contributed by atoms with Crippen LogP contribution in [0.15, 0.2) is 40.8 Å². The van der Waals surface area contributed by atoms with Gasteiger partial charge in [-0.3, -0.25) is 14.9 Å². The summed E-state index contributed by atoms with van der Waals surface area (Å²) in [7, 11) is 0. The number of nitro groups is 1. The van der Waals surface area contributed by atoms with Crippen molar-refractivity contribution in [3.05, 3.63) is 69.2 Å². The van der Waals surface area contributed by atoms with Gasteiger partial charge in [0, 0.05) is 10.9 Å². The maximum absolute atomic E-state index is 13.6. The van der Waals surface area contributed by atoms with Crippen LogP contribution in [0.1, 0.15) is 34.6 Å². The van der Waals surface area contributed by atoms with Crippen molar-refractivity contribution < 1.29 is 18.5 Å². The summed E-state index contributed by atoms with van der Waals surface area (Å²) in [5.41, 5.74) is 5.89. The molecule has 26 heavy (non-hydrogen) atoms. The number of nitro benzene ring substituents is 1. The molecule has 8 heteroatoms. The molecule has 0 fully saturated rings. The highest BCUT2D eigenvalue weighted by atomic mass is 19.1. The topological polar surface area (TPSA) is 111 Å². The zero-order chi connectivity index (χ0) is 19.0. The number of anilines is 1. The summed E-state index contributed by atoms with van der Waals surface area (Å²) in [6.45, 7) is 3.57. The number of fused-ring (bicyclic) bond motifs is 1. The van der Waals surface area contributed by atoms with E-state index in [4.69, 9.17) is 10.2 Å². The monoisotopic (exact) mass is 357 g/mol. The van der Waals surface area contributed by atoms with E-state index in [1.165, 1.54) is 0 Å². The van der Waals surface area contributed by atoms with Gasteiger partial charge >= 0.3 is 0 Å². The minimum absolute atomic E-state index is 0.294. The van der Waals surface area contributed by atoms with Crippen LogP contribution in [0.4, 0.5) is 15.8 Å². The highest BCUT2D eigenvalue weighted by molar-refractivity contribution is 6.01. The van der Waals surface area contributed by atoms with E-state index in [1.54, 1.807) is 6.92 Å².